The minimum atomic E-state index is -0.535. The van der Waals surface area contributed by atoms with E-state index in [-0.39, 0.29) is 6.04 Å². The molecule has 1 aliphatic heterocycles. The number of nitrogens with one attached hydrogen (secondary N) is 1. The number of aromatic nitrogens is 3. The molecule has 3 rings (SSSR count). The summed E-state index contributed by atoms with van der Waals surface area (Å²) in [5, 5.41) is 13.0. The Kier molecular flexibility index (Phi) is 5.13. The molecule has 0 aliphatic carbocycles. The van der Waals surface area contributed by atoms with Crippen molar-refractivity contribution in [1.82, 2.24) is 20.3 Å². The molecular formula is C19H24N6O2. The van der Waals surface area contributed by atoms with Crippen LogP contribution in [0.25, 0.3) is 10.9 Å². The fraction of sp³-hybridized carbons (Fsp3) is 0.526. The number of fused-ring (bicyclic) bond motifs is 1. The molecule has 1 N–H and O–H groups in total. The average molecular weight is 368 g/mol. The van der Waals surface area contributed by atoms with E-state index in [9.17, 15) is 10.1 Å². The van der Waals surface area contributed by atoms with E-state index in [1.807, 2.05) is 20.8 Å². The van der Waals surface area contributed by atoms with Crippen molar-refractivity contribution >= 4 is 22.8 Å². The maximum atomic E-state index is 12.1. The normalized spacial score (nSPS) is 20.2. The number of nitriles is 1. The highest BCUT2D eigenvalue weighted by molar-refractivity contribution is 5.92. The first-order valence-electron chi connectivity index (χ1n) is 9.00. The topological polar surface area (TPSA) is 104 Å². The first-order chi connectivity index (χ1) is 12.8. The Morgan fingerprint density at radius 2 is 2.11 bits per heavy atom. The van der Waals surface area contributed by atoms with Gasteiger partial charge in [-0.2, -0.15) is 5.26 Å². The molecule has 1 amide bonds. The first kappa shape index (κ1) is 18.8. The fourth-order valence-electron chi connectivity index (χ4n) is 3.40. The van der Waals surface area contributed by atoms with Crippen LogP contribution in [0.1, 0.15) is 39.7 Å². The molecule has 1 fully saturated rings. The molecule has 2 aromatic heterocycles. The van der Waals surface area contributed by atoms with Gasteiger partial charge in [0.05, 0.1) is 22.5 Å². The van der Waals surface area contributed by atoms with Crippen molar-refractivity contribution in [3.05, 3.63) is 24.3 Å². The van der Waals surface area contributed by atoms with Crippen LogP contribution in [0, 0.1) is 17.2 Å². The number of hydrogen-bond donors (Lipinski definition) is 1. The van der Waals surface area contributed by atoms with Crippen LogP contribution in [-0.2, 0) is 4.74 Å². The lowest BCUT2D eigenvalue weighted by atomic mass is 9.95. The van der Waals surface area contributed by atoms with Gasteiger partial charge in [0.15, 0.2) is 0 Å². The highest BCUT2D eigenvalue weighted by Crippen LogP contribution is 2.28. The van der Waals surface area contributed by atoms with Gasteiger partial charge in [0.2, 0.25) is 0 Å². The average Bonchev–Trinajstić information content (AvgIpc) is 2.58. The Morgan fingerprint density at radius 3 is 2.81 bits per heavy atom. The van der Waals surface area contributed by atoms with Gasteiger partial charge in [-0.15, -0.1) is 0 Å². The summed E-state index contributed by atoms with van der Waals surface area (Å²) in [5.74, 6) is 1.09. The molecule has 0 aromatic carbocycles. The summed E-state index contributed by atoms with van der Waals surface area (Å²) in [5.41, 5.74) is 0.476. The second-order valence-corrected chi connectivity index (χ2v) is 7.98. The van der Waals surface area contributed by atoms with Crippen LogP contribution in [-0.4, -0.2) is 45.8 Å². The molecule has 0 unspecified atom stereocenters. The van der Waals surface area contributed by atoms with E-state index in [1.165, 1.54) is 6.33 Å². The molecule has 1 aliphatic rings. The van der Waals surface area contributed by atoms with E-state index >= 15 is 0 Å². The summed E-state index contributed by atoms with van der Waals surface area (Å²) in [6.45, 7) is 9.07. The minimum absolute atomic E-state index is 0.0549. The molecule has 0 bridgehead atoms. The van der Waals surface area contributed by atoms with Crippen molar-refractivity contribution in [3.8, 4) is 6.07 Å². The Hall–Kier alpha value is -2.95. The number of nitrogens with zero attached hydrogens (tertiary/aromatic N) is 5. The lowest BCUT2D eigenvalue weighted by molar-refractivity contribution is 0.0495. The second kappa shape index (κ2) is 7.35. The van der Waals surface area contributed by atoms with Crippen molar-refractivity contribution in [2.24, 2.45) is 5.92 Å². The molecule has 1 saturated heterocycles. The molecule has 27 heavy (non-hydrogen) atoms. The Labute approximate surface area is 158 Å². The monoisotopic (exact) mass is 368 g/mol. The van der Waals surface area contributed by atoms with Gasteiger partial charge in [-0.3, -0.25) is 0 Å². The summed E-state index contributed by atoms with van der Waals surface area (Å²) < 4.78 is 5.38. The largest absolute Gasteiger partial charge is 0.444 e. The van der Waals surface area contributed by atoms with Crippen LogP contribution < -0.4 is 10.2 Å². The third-order valence-electron chi connectivity index (χ3n) is 4.32. The van der Waals surface area contributed by atoms with Gasteiger partial charge in [0.25, 0.3) is 0 Å². The maximum absolute atomic E-state index is 12.1. The van der Waals surface area contributed by atoms with E-state index in [2.05, 4.69) is 38.2 Å². The number of piperidine rings is 1. The van der Waals surface area contributed by atoms with Crippen molar-refractivity contribution in [1.29, 1.82) is 5.26 Å². The zero-order valence-electron chi connectivity index (χ0n) is 16.1. The number of rotatable bonds is 2. The van der Waals surface area contributed by atoms with Crippen molar-refractivity contribution in [2.75, 3.05) is 18.0 Å². The fourth-order valence-corrected chi connectivity index (χ4v) is 3.40. The predicted octanol–water partition coefficient (Wildman–Crippen LogP) is 2.64. The van der Waals surface area contributed by atoms with Gasteiger partial charge in [0, 0.05) is 25.5 Å². The molecule has 3 heterocycles. The van der Waals surface area contributed by atoms with Crippen LogP contribution in [0.5, 0.6) is 0 Å². The van der Waals surface area contributed by atoms with E-state index < -0.39 is 11.7 Å². The summed E-state index contributed by atoms with van der Waals surface area (Å²) >= 11 is 0. The van der Waals surface area contributed by atoms with Gasteiger partial charge >= 0.3 is 6.09 Å². The highest BCUT2D eigenvalue weighted by Gasteiger charge is 2.29. The predicted molar refractivity (Wildman–Crippen MR) is 101 cm³/mol. The summed E-state index contributed by atoms with van der Waals surface area (Å²) in [4.78, 5) is 27.1. The standard InChI is InChI=1S/C19H24N6O2/c1-12-5-14(24-18(26)27-19(2,3)4)10-25(9-12)17-15-8-21-11-23-16(15)13(6-20)7-22-17/h7-8,11-12,14H,5,9-10H2,1-4H3,(H,24,26)/t12-,14+/m0/s1. The zero-order valence-corrected chi connectivity index (χ0v) is 16.1. The second-order valence-electron chi connectivity index (χ2n) is 7.98. The van der Waals surface area contributed by atoms with E-state index in [0.29, 0.717) is 23.5 Å². The lowest BCUT2D eigenvalue weighted by Gasteiger charge is -2.38. The van der Waals surface area contributed by atoms with E-state index in [1.54, 1.807) is 12.4 Å². The summed E-state index contributed by atoms with van der Waals surface area (Å²) in [7, 11) is 0. The van der Waals surface area contributed by atoms with E-state index in [4.69, 9.17) is 4.74 Å². The quantitative estimate of drug-likeness (QED) is 0.869. The van der Waals surface area contributed by atoms with Crippen LogP contribution in [0.3, 0.4) is 0 Å². The highest BCUT2D eigenvalue weighted by atomic mass is 16.6. The number of hydrogen-bond acceptors (Lipinski definition) is 7. The molecule has 2 aromatic rings. The number of anilines is 1. The minimum Gasteiger partial charge on any atom is -0.444 e. The Morgan fingerprint density at radius 1 is 1.33 bits per heavy atom. The van der Waals surface area contributed by atoms with Gasteiger partial charge in [-0.05, 0) is 33.1 Å². The number of amides is 1. The number of carbonyl (C=O) groups is 1. The molecular weight excluding hydrogens is 344 g/mol. The number of ether oxygens (including phenoxy) is 1. The summed E-state index contributed by atoms with van der Waals surface area (Å²) in [6, 6.07) is 2.07. The molecule has 2 atom stereocenters. The number of pyridine rings is 1. The maximum Gasteiger partial charge on any atom is 0.407 e. The Balaban J connectivity index is 1.84. The smallest absolute Gasteiger partial charge is 0.407 e. The van der Waals surface area contributed by atoms with Crippen molar-refractivity contribution in [2.45, 2.75) is 45.8 Å². The SMILES string of the molecule is C[C@H]1C[C@@H](NC(=O)OC(C)(C)C)CN(c2ncc(C#N)c3ncncc23)C1. The van der Waals surface area contributed by atoms with Gasteiger partial charge < -0.3 is 15.0 Å². The third-order valence-corrected chi connectivity index (χ3v) is 4.32. The lowest BCUT2D eigenvalue weighted by Crippen LogP contribution is -2.51. The first-order valence-corrected chi connectivity index (χ1v) is 9.00. The van der Waals surface area contributed by atoms with Crippen molar-refractivity contribution < 1.29 is 9.53 Å². The summed E-state index contributed by atoms with van der Waals surface area (Å²) in [6.07, 6.45) is 5.10. The van der Waals surface area contributed by atoms with Crippen LogP contribution in [0.4, 0.5) is 10.6 Å². The molecule has 8 nitrogen and oxygen atoms in total. The van der Waals surface area contributed by atoms with Crippen molar-refractivity contribution in [3.63, 3.8) is 0 Å². The third kappa shape index (κ3) is 4.42. The molecule has 142 valence electrons. The Bertz CT molecular complexity index is 886. The zero-order chi connectivity index (χ0) is 19.6. The molecule has 0 radical (unpaired) electrons. The van der Waals surface area contributed by atoms with Gasteiger partial charge in [0.1, 0.15) is 23.8 Å². The molecule has 0 saturated carbocycles. The molecule has 0 spiro atoms. The van der Waals surface area contributed by atoms with Crippen LogP contribution >= 0.6 is 0 Å². The van der Waals surface area contributed by atoms with Crippen LogP contribution in [0.15, 0.2) is 18.7 Å². The number of carbonyl (C=O) groups excluding carboxylic acids is 1. The van der Waals surface area contributed by atoms with Gasteiger partial charge in [-0.25, -0.2) is 19.7 Å². The van der Waals surface area contributed by atoms with Crippen LogP contribution in [0.2, 0.25) is 0 Å². The number of alkyl carbamates (subject to hydrolysis) is 1. The van der Waals surface area contributed by atoms with E-state index in [0.717, 1.165) is 24.2 Å². The molecule has 8 heteroatoms. The van der Waals surface area contributed by atoms with Gasteiger partial charge in [-0.1, -0.05) is 6.92 Å².